The molecule has 0 aliphatic carbocycles. The van der Waals surface area contributed by atoms with Crippen molar-refractivity contribution in [3.63, 3.8) is 0 Å². The number of thioether (sulfide) groups is 1. The highest BCUT2D eigenvalue weighted by Crippen LogP contribution is 2.22. The molecule has 1 atom stereocenters. The van der Waals surface area contributed by atoms with Gasteiger partial charge in [-0.05, 0) is 35.9 Å². The van der Waals surface area contributed by atoms with Crippen molar-refractivity contribution in [2.45, 2.75) is 17.4 Å². The molecule has 0 aromatic heterocycles. The first-order valence-corrected chi connectivity index (χ1v) is 7.31. The van der Waals surface area contributed by atoms with Gasteiger partial charge in [-0.25, -0.2) is 4.39 Å². The van der Waals surface area contributed by atoms with Gasteiger partial charge in [0.15, 0.2) is 0 Å². The van der Waals surface area contributed by atoms with Gasteiger partial charge in [-0.1, -0.05) is 29.8 Å². The van der Waals surface area contributed by atoms with Gasteiger partial charge >= 0.3 is 0 Å². The minimum Gasteiger partial charge on any atom is -0.392 e. The number of hydrogen-bond donors (Lipinski definition) is 1. The standard InChI is InChI=1S/C15H14ClFOS/c16-15-4-2-1-3-11(15)9-13(18)10-19-14-7-5-12(17)6-8-14/h1-8,13,18H,9-10H2. The first-order valence-electron chi connectivity index (χ1n) is 5.95. The smallest absolute Gasteiger partial charge is 0.123 e. The van der Waals surface area contributed by atoms with E-state index in [9.17, 15) is 9.50 Å². The zero-order chi connectivity index (χ0) is 13.7. The highest BCUT2D eigenvalue weighted by Gasteiger charge is 2.09. The van der Waals surface area contributed by atoms with E-state index in [-0.39, 0.29) is 5.82 Å². The fourth-order valence-electron chi connectivity index (χ4n) is 1.70. The summed E-state index contributed by atoms with van der Waals surface area (Å²) in [6, 6.07) is 13.8. The highest BCUT2D eigenvalue weighted by molar-refractivity contribution is 7.99. The van der Waals surface area contributed by atoms with Gasteiger partial charge in [0.2, 0.25) is 0 Å². The molecule has 0 aliphatic heterocycles. The second-order valence-electron chi connectivity index (χ2n) is 4.21. The molecule has 1 nitrogen and oxygen atoms in total. The summed E-state index contributed by atoms with van der Waals surface area (Å²) in [5.74, 6) is 0.303. The molecule has 0 radical (unpaired) electrons. The summed E-state index contributed by atoms with van der Waals surface area (Å²) in [7, 11) is 0. The molecule has 0 bridgehead atoms. The Morgan fingerprint density at radius 1 is 1.11 bits per heavy atom. The summed E-state index contributed by atoms with van der Waals surface area (Å²) >= 11 is 7.55. The van der Waals surface area contributed by atoms with E-state index in [1.807, 2.05) is 24.3 Å². The van der Waals surface area contributed by atoms with Crippen LogP contribution in [0.3, 0.4) is 0 Å². The third-order valence-corrected chi connectivity index (χ3v) is 4.20. The van der Waals surface area contributed by atoms with Crippen molar-refractivity contribution in [2.75, 3.05) is 5.75 Å². The van der Waals surface area contributed by atoms with Crippen LogP contribution >= 0.6 is 23.4 Å². The molecule has 1 N–H and O–H groups in total. The molecule has 19 heavy (non-hydrogen) atoms. The quantitative estimate of drug-likeness (QED) is 0.836. The molecule has 0 aliphatic rings. The van der Waals surface area contributed by atoms with Crippen LogP contribution in [0.25, 0.3) is 0 Å². The highest BCUT2D eigenvalue weighted by atomic mass is 35.5. The Kier molecular flexibility index (Phi) is 5.25. The van der Waals surface area contributed by atoms with Gasteiger partial charge in [0, 0.05) is 22.1 Å². The predicted octanol–water partition coefficient (Wildman–Crippen LogP) is 4.17. The fourth-order valence-corrected chi connectivity index (χ4v) is 2.74. The lowest BCUT2D eigenvalue weighted by Gasteiger charge is -2.11. The van der Waals surface area contributed by atoms with Gasteiger partial charge < -0.3 is 5.11 Å². The van der Waals surface area contributed by atoms with E-state index in [1.165, 1.54) is 23.9 Å². The van der Waals surface area contributed by atoms with Crippen molar-refractivity contribution >= 4 is 23.4 Å². The van der Waals surface area contributed by atoms with E-state index in [4.69, 9.17) is 11.6 Å². The van der Waals surface area contributed by atoms with E-state index in [2.05, 4.69) is 0 Å². The number of halogens is 2. The Bertz CT molecular complexity index is 530. The first kappa shape index (κ1) is 14.4. The van der Waals surface area contributed by atoms with Gasteiger partial charge in [-0.2, -0.15) is 0 Å². The second-order valence-corrected chi connectivity index (χ2v) is 5.71. The van der Waals surface area contributed by atoms with Crippen LogP contribution in [0.5, 0.6) is 0 Å². The third kappa shape index (κ3) is 4.53. The van der Waals surface area contributed by atoms with Crippen molar-refractivity contribution in [3.05, 3.63) is 64.9 Å². The predicted molar refractivity (Wildman–Crippen MR) is 78.3 cm³/mol. The Morgan fingerprint density at radius 3 is 2.47 bits per heavy atom. The van der Waals surface area contributed by atoms with E-state index >= 15 is 0 Å². The minimum absolute atomic E-state index is 0.249. The molecule has 100 valence electrons. The van der Waals surface area contributed by atoms with Gasteiger partial charge in [-0.15, -0.1) is 11.8 Å². The Hall–Kier alpha value is -1.03. The molecule has 0 saturated heterocycles. The van der Waals surface area contributed by atoms with Gasteiger partial charge in [-0.3, -0.25) is 0 Å². The summed E-state index contributed by atoms with van der Waals surface area (Å²) < 4.78 is 12.7. The molecule has 0 amide bonds. The first-order chi connectivity index (χ1) is 9.15. The summed E-state index contributed by atoms with van der Waals surface area (Å²) in [5.41, 5.74) is 0.941. The molecular weight excluding hydrogens is 283 g/mol. The molecule has 0 saturated carbocycles. The van der Waals surface area contributed by atoms with Crippen LogP contribution < -0.4 is 0 Å². The average Bonchev–Trinajstić information content (AvgIpc) is 2.41. The Balaban J connectivity index is 1.86. The van der Waals surface area contributed by atoms with Crippen LogP contribution in [-0.2, 0) is 6.42 Å². The SMILES string of the molecule is OC(CSc1ccc(F)cc1)Cc1ccccc1Cl. The molecule has 1 unspecified atom stereocenters. The van der Waals surface area contributed by atoms with Crippen LogP contribution in [0, 0.1) is 5.82 Å². The maximum Gasteiger partial charge on any atom is 0.123 e. The lowest BCUT2D eigenvalue weighted by atomic mass is 10.1. The zero-order valence-electron chi connectivity index (χ0n) is 10.2. The van der Waals surface area contributed by atoms with Crippen LogP contribution in [0.1, 0.15) is 5.56 Å². The molecule has 4 heteroatoms. The summed E-state index contributed by atoms with van der Waals surface area (Å²) in [6.07, 6.45) is 0.0448. The largest absolute Gasteiger partial charge is 0.392 e. The number of aliphatic hydroxyl groups excluding tert-OH is 1. The molecule has 2 aromatic rings. The van der Waals surface area contributed by atoms with Crippen LogP contribution in [0.2, 0.25) is 5.02 Å². The lowest BCUT2D eigenvalue weighted by molar-refractivity contribution is 0.200. The number of hydrogen-bond acceptors (Lipinski definition) is 2. The molecular formula is C15H14ClFOS. The monoisotopic (exact) mass is 296 g/mol. The van der Waals surface area contributed by atoms with Crippen LogP contribution in [-0.4, -0.2) is 17.0 Å². The van der Waals surface area contributed by atoms with Gasteiger partial charge in [0.05, 0.1) is 6.10 Å². The minimum atomic E-state index is -0.477. The van der Waals surface area contributed by atoms with Crippen molar-refractivity contribution in [2.24, 2.45) is 0 Å². The van der Waals surface area contributed by atoms with Crippen LogP contribution in [0.4, 0.5) is 4.39 Å². The Labute approximate surface area is 121 Å². The molecule has 2 aromatic carbocycles. The van der Waals surface area contributed by atoms with Crippen molar-refractivity contribution in [1.29, 1.82) is 0 Å². The fraction of sp³-hybridized carbons (Fsp3) is 0.200. The number of aliphatic hydroxyl groups is 1. The average molecular weight is 297 g/mol. The van der Waals surface area contributed by atoms with E-state index in [0.29, 0.717) is 17.2 Å². The van der Waals surface area contributed by atoms with Crippen molar-refractivity contribution < 1.29 is 9.50 Å². The molecule has 0 fully saturated rings. The zero-order valence-corrected chi connectivity index (χ0v) is 11.8. The maximum atomic E-state index is 12.7. The lowest BCUT2D eigenvalue weighted by Crippen LogP contribution is -2.13. The summed E-state index contributed by atoms with van der Waals surface area (Å²) in [6.45, 7) is 0. The topological polar surface area (TPSA) is 20.2 Å². The van der Waals surface area contributed by atoms with Crippen molar-refractivity contribution in [3.8, 4) is 0 Å². The van der Waals surface area contributed by atoms with Gasteiger partial charge in [0.1, 0.15) is 5.82 Å². The number of rotatable bonds is 5. The molecule has 2 rings (SSSR count). The number of benzene rings is 2. The van der Waals surface area contributed by atoms with Crippen LogP contribution in [0.15, 0.2) is 53.4 Å². The molecule has 0 spiro atoms. The van der Waals surface area contributed by atoms with E-state index < -0.39 is 6.10 Å². The second kappa shape index (κ2) is 6.94. The summed E-state index contributed by atoms with van der Waals surface area (Å²) in [4.78, 5) is 0.944. The normalized spacial score (nSPS) is 12.4. The Morgan fingerprint density at radius 2 is 1.79 bits per heavy atom. The third-order valence-electron chi connectivity index (χ3n) is 2.67. The van der Waals surface area contributed by atoms with Gasteiger partial charge in [0.25, 0.3) is 0 Å². The van der Waals surface area contributed by atoms with Crippen molar-refractivity contribution in [1.82, 2.24) is 0 Å². The van der Waals surface area contributed by atoms with E-state index in [0.717, 1.165) is 10.5 Å². The molecule has 0 heterocycles. The summed E-state index contributed by atoms with van der Waals surface area (Å²) in [5, 5.41) is 10.7. The van der Waals surface area contributed by atoms with E-state index in [1.54, 1.807) is 12.1 Å². The maximum absolute atomic E-state index is 12.7.